The van der Waals surface area contributed by atoms with Crippen LogP contribution in [0.4, 0.5) is 11.4 Å². The Labute approximate surface area is 180 Å². The molecule has 0 saturated heterocycles. The van der Waals surface area contributed by atoms with Gasteiger partial charge in [0.15, 0.2) is 11.5 Å². The van der Waals surface area contributed by atoms with Gasteiger partial charge in [0, 0.05) is 23.5 Å². The number of hydrogen-bond donors (Lipinski definition) is 1. The van der Waals surface area contributed by atoms with Crippen LogP contribution in [0.25, 0.3) is 22.1 Å². The molecule has 0 aliphatic heterocycles. The first kappa shape index (κ1) is 20.3. The van der Waals surface area contributed by atoms with E-state index in [2.05, 4.69) is 5.32 Å². The normalized spacial score (nSPS) is 10.7. The summed E-state index contributed by atoms with van der Waals surface area (Å²) >= 11 is 0. The minimum Gasteiger partial charge on any atom is -0.497 e. The van der Waals surface area contributed by atoms with Gasteiger partial charge in [0.05, 0.1) is 32.3 Å². The van der Waals surface area contributed by atoms with Crippen LogP contribution in [-0.4, -0.2) is 21.3 Å². The van der Waals surface area contributed by atoms with Gasteiger partial charge in [0.1, 0.15) is 17.1 Å². The molecule has 3 aromatic carbocycles. The highest BCUT2D eigenvalue weighted by molar-refractivity contribution is 5.86. The van der Waals surface area contributed by atoms with Crippen molar-refractivity contribution in [1.29, 1.82) is 0 Å². The maximum absolute atomic E-state index is 13.3. The molecule has 0 spiro atoms. The summed E-state index contributed by atoms with van der Waals surface area (Å²) in [6.45, 7) is 1.79. The molecule has 0 fully saturated rings. The summed E-state index contributed by atoms with van der Waals surface area (Å²) in [5.41, 5.74) is 3.31. The molecule has 0 radical (unpaired) electrons. The van der Waals surface area contributed by atoms with Crippen LogP contribution in [0.5, 0.6) is 17.2 Å². The Morgan fingerprint density at radius 1 is 0.806 bits per heavy atom. The van der Waals surface area contributed by atoms with Crippen molar-refractivity contribution in [2.75, 3.05) is 26.6 Å². The molecule has 0 amide bonds. The number of anilines is 2. The third kappa shape index (κ3) is 3.92. The highest BCUT2D eigenvalue weighted by Gasteiger charge is 2.16. The Morgan fingerprint density at radius 2 is 1.58 bits per heavy atom. The number of ether oxygens (including phenoxy) is 3. The summed E-state index contributed by atoms with van der Waals surface area (Å²) in [6, 6.07) is 18.4. The molecule has 0 aliphatic rings. The van der Waals surface area contributed by atoms with Crippen LogP contribution in [-0.2, 0) is 0 Å². The molecule has 6 nitrogen and oxygen atoms in total. The second kappa shape index (κ2) is 8.44. The summed E-state index contributed by atoms with van der Waals surface area (Å²) < 4.78 is 22.0. The zero-order valence-electron chi connectivity index (χ0n) is 17.8. The Bertz CT molecular complexity index is 1310. The lowest BCUT2D eigenvalue weighted by molar-refractivity contribution is 0.355. The number of hydrogen-bond acceptors (Lipinski definition) is 6. The van der Waals surface area contributed by atoms with Gasteiger partial charge in [-0.05, 0) is 48.9 Å². The molecule has 1 N–H and O–H groups in total. The molecule has 158 valence electrons. The largest absolute Gasteiger partial charge is 0.497 e. The molecule has 0 unspecified atom stereocenters. The van der Waals surface area contributed by atoms with E-state index in [1.165, 1.54) is 0 Å². The molecule has 1 heterocycles. The standard InChI is InChI=1S/C25H23NO5/c1-15-24(16-8-11-21(29-3)23(12-16)30-4)25(27)20-10-9-18(14-22(20)31-15)26-17-6-5-7-19(13-17)28-2/h5-14,26H,1-4H3. The molecule has 6 heteroatoms. The molecule has 4 aromatic rings. The highest BCUT2D eigenvalue weighted by atomic mass is 16.5. The van der Waals surface area contributed by atoms with Crippen molar-refractivity contribution in [1.82, 2.24) is 0 Å². The maximum atomic E-state index is 13.3. The van der Waals surface area contributed by atoms with Crippen LogP contribution in [0.2, 0.25) is 0 Å². The van der Waals surface area contributed by atoms with Gasteiger partial charge in [-0.1, -0.05) is 12.1 Å². The van der Waals surface area contributed by atoms with Gasteiger partial charge in [-0.25, -0.2) is 0 Å². The fourth-order valence-corrected chi connectivity index (χ4v) is 3.58. The smallest absolute Gasteiger partial charge is 0.200 e. The number of aryl methyl sites for hydroxylation is 1. The topological polar surface area (TPSA) is 69.9 Å². The zero-order chi connectivity index (χ0) is 22.0. The second-order valence-corrected chi connectivity index (χ2v) is 7.00. The van der Waals surface area contributed by atoms with E-state index in [9.17, 15) is 4.79 Å². The lowest BCUT2D eigenvalue weighted by atomic mass is 10.0. The zero-order valence-corrected chi connectivity index (χ0v) is 17.8. The number of nitrogens with one attached hydrogen (secondary N) is 1. The first-order valence-electron chi connectivity index (χ1n) is 9.75. The summed E-state index contributed by atoms with van der Waals surface area (Å²) in [6.07, 6.45) is 0. The first-order valence-corrected chi connectivity index (χ1v) is 9.75. The van der Waals surface area contributed by atoms with Crippen LogP contribution in [0.15, 0.2) is 69.9 Å². The monoisotopic (exact) mass is 417 g/mol. The van der Waals surface area contributed by atoms with Crippen molar-refractivity contribution in [3.8, 4) is 28.4 Å². The number of rotatable bonds is 6. The fraction of sp³-hybridized carbons (Fsp3) is 0.160. The molecule has 0 bridgehead atoms. The number of fused-ring (bicyclic) bond motifs is 1. The van der Waals surface area contributed by atoms with E-state index in [4.69, 9.17) is 18.6 Å². The van der Waals surface area contributed by atoms with Crippen molar-refractivity contribution >= 4 is 22.3 Å². The van der Waals surface area contributed by atoms with Gasteiger partial charge >= 0.3 is 0 Å². The summed E-state index contributed by atoms with van der Waals surface area (Å²) in [5, 5.41) is 3.82. The van der Waals surface area contributed by atoms with Crippen molar-refractivity contribution in [3.05, 3.63) is 76.6 Å². The van der Waals surface area contributed by atoms with Gasteiger partial charge in [-0.2, -0.15) is 0 Å². The minimum absolute atomic E-state index is 0.0982. The van der Waals surface area contributed by atoms with E-state index in [-0.39, 0.29) is 5.43 Å². The Hall–Kier alpha value is -3.93. The predicted octanol–water partition coefficient (Wildman–Crippen LogP) is 5.54. The quantitative estimate of drug-likeness (QED) is 0.444. The SMILES string of the molecule is COc1cccc(Nc2ccc3c(=O)c(-c4ccc(OC)c(OC)c4)c(C)oc3c2)c1. The second-order valence-electron chi connectivity index (χ2n) is 7.00. The average Bonchev–Trinajstić information content (AvgIpc) is 2.78. The van der Waals surface area contributed by atoms with Crippen LogP contribution < -0.4 is 25.0 Å². The Morgan fingerprint density at radius 3 is 2.32 bits per heavy atom. The van der Waals surface area contributed by atoms with E-state index in [0.29, 0.717) is 39.4 Å². The van der Waals surface area contributed by atoms with E-state index >= 15 is 0 Å². The molecular formula is C25H23NO5. The number of methoxy groups -OCH3 is 3. The van der Waals surface area contributed by atoms with E-state index in [0.717, 1.165) is 17.1 Å². The summed E-state index contributed by atoms with van der Waals surface area (Å²) in [7, 11) is 4.76. The summed E-state index contributed by atoms with van der Waals surface area (Å²) in [5.74, 6) is 2.44. The van der Waals surface area contributed by atoms with E-state index in [1.807, 2.05) is 42.5 Å². The maximum Gasteiger partial charge on any atom is 0.200 e. The van der Waals surface area contributed by atoms with Crippen molar-refractivity contribution in [3.63, 3.8) is 0 Å². The lowest BCUT2D eigenvalue weighted by Gasteiger charge is -2.12. The van der Waals surface area contributed by atoms with Crippen LogP contribution in [0.3, 0.4) is 0 Å². The van der Waals surface area contributed by atoms with Crippen molar-refractivity contribution in [2.45, 2.75) is 6.92 Å². The molecule has 0 saturated carbocycles. The third-order valence-electron chi connectivity index (χ3n) is 5.10. The fourth-order valence-electron chi connectivity index (χ4n) is 3.58. The molecule has 4 rings (SSSR count). The van der Waals surface area contributed by atoms with Gasteiger partial charge < -0.3 is 23.9 Å². The first-order chi connectivity index (χ1) is 15.0. The molecule has 0 aliphatic carbocycles. The average molecular weight is 417 g/mol. The molecule has 31 heavy (non-hydrogen) atoms. The predicted molar refractivity (Wildman–Crippen MR) is 122 cm³/mol. The molecular weight excluding hydrogens is 394 g/mol. The Balaban J connectivity index is 1.76. The summed E-state index contributed by atoms with van der Waals surface area (Å²) in [4.78, 5) is 13.3. The van der Waals surface area contributed by atoms with Crippen LogP contribution >= 0.6 is 0 Å². The molecule has 1 aromatic heterocycles. The van der Waals surface area contributed by atoms with Crippen molar-refractivity contribution in [2.24, 2.45) is 0 Å². The van der Waals surface area contributed by atoms with Gasteiger partial charge in [0.25, 0.3) is 0 Å². The number of benzene rings is 3. The highest BCUT2D eigenvalue weighted by Crippen LogP contribution is 2.33. The van der Waals surface area contributed by atoms with Crippen LogP contribution in [0, 0.1) is 6.92 Å². The van der Waals surface area contributed by atoms with Crippen LogP contribution in [0.1, 0.15) is 5.76 Å². The van der Waals surface area contributed by atoms with Gasteiger partial charge in [-0.15, -0.1) is 0 Å². The van der Waals surface area contributed by atoms with Gasteiger partial charge in [-0.3, -0.25) is 4.79 Å². The van der Waals surface area contributed by atoms with Gasteiger partial charge in [0.2, 0.25) is 5.43 Å². The third-order valence-corrected chi connectivity index (χ3v) is 5.10. The van der Waals surface area contributed by atoms with E-state index in [1.54, 1.807) is 46.5 Å². The Kier molecular flexibility index (Phi) is 5.54. The lowest BCUT2D eigenvalue weighted by Crippen LogP contribution is -2.08. The minimum atomic E-state index is -0.0982. The molecule has 0 atom stereocenters. The van der Waals surface area contributed by atoms with Crippen molar-refractivity contribution < 1.29 is 18.6 Å². The van der Waals surface area contributed by atoms with E-state index < -0.39 is 0 Å².